The van der Waals surface area contributed by atoms with Crippen molar-refractivity contribution in [3.63, 3.8) is 0 Å². The molecule has 0 aliphatic rings. The number of aromatic nitrogens is 1. The zero-order chi connectivity index (χ0) is 17.7. The summed E-state index contributed by atoms with van der Waals surface area (Å²) >= 11 is 0. The van der Waals surface area contributed by atoms with E-state index in [0.29, 0.717) is 11.1 Å². The van der Waals surface area contributed by atoms with Crippen LogP contribution in [0.15, 0.2) is 36.7 Å². The van der Waals surface area contributed by atoms with Gasteiger partial charge < -0.3 is 10.6 Å². The second-order valence-electron chi connectivity index (χ2n) is 6.02. The molecule has 0 radical (unpaired) electrons. The highest BCUT2D eigenvalue weighted by atomic mass is 16.2. The summed E-state index contributed by atoms with van der Waals surface area (Å²) in [6.45, 7) is 7.87. The van der Waals surface area contributed by atoms with E-state index in [4.69, 9.17) is 0 Å². The van der Waals surface area contributed by atoms with Gasteiger partial charge >= 0.3 is 0 Å². The second-order valence-corrected chi connectivity index (χ2v) is 6.02. The minimum atomic E-state index is -0.285. The van der Waals surface area contributed by atoms with Gasteiger partial charge in [-0.1, -0.05) is 24.6 Å². The van der Waals surface area contributed by atoms with Crippen molar-refractivity contribution in [3.8, 4) is 0 Å². The minimum absolute atomic E-state index is 0.0743. The number of nitrogens with one attached hydrogen (secondary N) is 2. The van der Waals surface area contributed by atoms with Gasteiger partial charge in [0.2, 0.25) is 0 Å². The van der Waals surface area contributed by atoms with Gasteiger partial charge in [-0.15, -0.1) is 0 Å². The van der Waals surface area contributed by atoms with Crippen LogP contribution in [0, 0.1) is 13.8 Å². The third kappa shape index (κ3) is 4.41. The number of hydrogen-bond donors (Lipinski definition) is 2. The molecule has 126 valence electrons. The second kappa shape index (κ2) is 7.73. The van der Waals surface area contributed by atoms with E-state index >= 15 is 0 Å². The number of pyridine rings is 1. The van der Waals surface area contributed by atoms with Crippen LogP contribution in [0.2, 0.25) is 0 Å². The van der Waals surface area contributed by atoms with Gasteiger partial charge in [-0.05, 0) is 44.9 Å². The van der Waals surface area contributed by atoms with Gasteiger partial charge in [0.15, 0.2) is 0 Å². The van der Waals surface area contributed by atoms with Crippen molar-refractivity contribution in [1.29, 1.82) is 0 Å². The Morgan fingerprint density at radius 3 is 2.38 bits per heavy atom. The van der Waals surface area contributed by atoms with E-state index in [1.807, 2.05) is 45.9 Å². The molecule has 1 aromatic heterocycles. The van der Waals surface area contributed by atoms with Crippen molar-refractivity contribution in [2.45, 2.75) is 40.2 Å². The largest absolute Gasteiger partial charge is 0.350 e. The van der Waals surface area contributed by atoms with Crippen molar-refractivity contribution < 1.29 is 9.59 Å². The summed E-state index contributed by atoms with van der Waals surface area (Å²) < 4.78 is 0. The molecule has 24 heavy (non-hydrogen) atoms. The highest BCUT2D eigenvalue weighted by Gasteiger charge is 2.13. The molecule has 5 nitrogen and oxygen atoms in total. The molecule has 0 saturated heterocycles. The van der Waals surface area contributed by atoms with Crippen LogP contribution in [-0.2, 0) is 0 Å². The lowest BCUT2D eigenvalue weighted by molar-refractivity contribution is 0.0939. The molecule has 0 spiro atoms. The summed E-state index contributed by atoms with van der Waals surface area (Å²) in [5, 5.41) is 5.73. The standard InChI is InChI=1S/C19H23N3O2/c1-5-14(4)21-18(23)15-9-16(11-20-10-15)19(24)22-17-7-6-12(2)8-13(17)3/h6-11,14H,5H2,1-4H3,(H,21,23)(H,22,24). The van der Waals surface area contributed by atoms with Gasteiger partial charge in [0.05, 0.1) is 11.1 Å². The van der Waals surface area contributed by atoms with Crippen molar-refractivity contribution in [1.82, 2.24) is 10.3 Å². The van der Waals surface area contributed by atoms with E-state index in [0.717, 1.165) is 23.2 Å². The smallest absolute Gasteiger partial charge is 0.257 e. The number of nitrogens with zero attached hydrogens (tertiary/aromatic N) is 1. The first-order chi connectivity index (χ1) is 11.4. The molecule has 1 heterocycles. The van der Waals surface area contributed by atoms with Gasteiger partial charge in [0.25, 0.3) is 11.8 Å². The van der Waals surface area contributed by atoms with E-state index in [1.165, 1.54) is 12.4 Å². The summed E-state index contributed by atoms with van der Waals surface area (Å²) in [6.07, 6.45) is 3.76. The van der Waals surface area contributed by atoms with Gasteiger partial charge in [-0.25, -0.2) is 0 Å². The van der Waals surface area contributed by atoms with Crippen LogP contribution in [0.25, 0.3) is 0 Å². The first-order valence-electron chi connectivity index (χ1n) is 8.05. The van der Waals surface area contributed by atoms with Crippen LogP contribution in [0.3, 0.4) is 0 Å². The van der Waals surface area contributed by atoms with Crippen molar-refractivity contribution in [2.75, 3.05) is 5.32 Å². The first-order valence-corrected chi connectivity index (χ1v) is 8.05. The van der Waals surface area contributed by atoms with E-state index < -0.39 is 0 Å². The van der Waals surface area contributed by atoms with Gasteiger partial charge in [-0.3, -0.25) is 14.6 Å². The van der Waals surface area contributed by atoms with Crippen LogP contribution < -0.4 is 10.6 Å². The Balaban J connectivity index is 2.15. The average molecular weight is 325 g/mol. The van der Waals surface area contributed by atoms with Gasteiger partial charge in [0, 0.05) is 24.1 Å². The first kappa shape index (κ1) is 17.7. The number of carbonyl (C=O) groups excluding carboxylic acids is 2. The van der Waals surface area contributed by atoms with Gasteiger partial charge in [0.1, 0.15) is 0 Å². The predicted octanol–water partition coefficient (Wildman–Crippen LogP) is 3.48. The number of carbonyl (C=O) groups is 2. The maximum Gasteiger partial charge on any atom is 0.257 e. The minimum Gasteiger partial charge on any atom is -0.350 e. The average Bonchev–Trinajstić information content (AvgIpc) is 2.57. The van der Waals surface area contributed by atoms with Crippen LogP contribution in [0.4, 0.5) is 5.69 Å². The lowest BCUT2D eigenvalue weighted by atomic mass is 10.1. The number of hydrogen-bond acceptors (Lipinski definition) is 3. The SMILES string of the molecule is CCC(C)NC(=O)c1cncc(C(=O)Nc2ccc(C)cc2C)c1. The lowest BCUT2D eigenvalue weighted by Gasteiger charge is -2.12. The fourth-order valence-corrected chi connectivity index (χ4v) is 2.25. The Morgan fingerprint density at radius 1 is 1.08 bits per heavy atom. The number of benzene rings is 1. The van der Waals surface area contributed by atoms with Gasteiger partial charge in [-0.2, -0.15) is 0 Å². The zero-order valence-electron chi connectivity index (χ0n) is 14.5. The highest BCUT2D eigenvalue weighted by molar-refractivity contribution is 6.06. The summed E-state index contributed by atoms with van der Waals surface area (Å²) in [6, 6.07) is 7.45. The number of amides is 2. The zero-order valence-corrected chi connectivity index (χ0v) is 14.5. The Morgan fingerprint density at radius 2 is 1.75 bits per heavy atom. The number of anilines is 1. The summed E-state index contributed by atoms with van der Waals surface area (Å²) in [5.41, 5.74) is 3.60. The Hall–Kier alpha value is -2.69. The molecule has 0 aliphatic heterocycles. The topological polar surface area (TPSA) is 71.1 Å². The normalized spacial score (nSPS) is 11.7. The highest BCUT2D eigenvalue weighted by Crippen LogP contribution is 2.17. The molecule has 1 aromatic carbocycles. The molecule has 2 aromatic rings. The van der Waals surface area contributed by atoms with Crippen LogP contribution >= 0.6 is 0 Å². The molecule has 0 fully saturated rings. The monoisotopic (exact) mass is 325 g/mol. The van der Waals surface area contributed by atoms with E-state index in [2.05, 4.69) is 15.6 Å². The predicted molar refractivity (Wildman–Crippen MR) is 95.3 cm³/mol. The van der Waals surface area contributed by atoms with Crippen LogP contribution in [0.5, 0.6) is 0 Å². The van der Waals surface area contributed by atoms with Crippen LogP contribution in [0.1, 0.15) is 52.1 Å². The Labute approximate surface area is 142 Å². The number of aryl methyl sites for hydroxylation is 2. The Bertz CT molecular complexity index is 756. The molecular weight excluding hydrogens is 302 g/mol. The van der Waals surface area contributed by atoms with Crippen LogP contribution in [-0.4, -0.2) is 22.8 Å². The lowest BCUT2D eigenvalue weighted by Crippen LogP contribution is -2.32. The van der Waals surface area contributed by atoms with E-state index in [9.17, 15) is 9.59 Å². The fourth-order valence-electron chi connectivity index (χ4n) is 2.25. The summed E-state index contributed by atoms with van der Waals surface area (Å²) in [7, 11) is 0. The molecule has 2 N–H and O–H groups in total. The molecule has 1 unspecified atom stereocenters. The molecule has 0 bridgehead atoms. The maximum atomic E-state index is 12.4. The Kier molecular flexibility index (Phi) is 5.68. The molecular formula is C19H23N3O2. The number of rotatable bonds is 5. The fraction of sp³-hybridized carbons (Fsp3) is 0.316. The molecule has 5 heteroatoms. The summed E-state index contributed by atoms with van der Waals surface area (Å²) in [5.74, 6) is -0.509. The van der Waals surface area contributed by atoms with Crippen molar-refractivity contribution in [2.24, 2.45) is 0 Å². The molecule has 2 amide bonds. The maximum absolute atomic E-state index is 12.4. The van der Waals surface area contributed by atoms with Crippen molar-refractivity contribution in [3.05, 3.63) is 58.9 Å². The molecule has 0 aliphatic carbocycles. The summed E-state index contributed by atoms with van der Waals surface area (Å²) in [4.78, 5) is 28.6. The third-order valence-corrected chi connectivity index (χ3v) is 3.88. The molecule has 2 rings (SSSR count). The molecule has 1 atom stereocenters. The van der Waals surface area contributed by atoms with Crippen molar-refractivity contribution >= 4 is 17.5 Å². The van der Waals surface area contributed by atoms with E-state index in [1.54, 1.807) is 6.07 Å². The third-order valence-electron chi connectivity index (χ3n) is 3.88. The molecule has 0 saturated carbocycles. The quantitative estimate of drug-likeness (QED) is 0.884. The van der Waals surface area contributed by atoms with E-state index in [-0.39, 0.29) is 17.9 Å².